The van der Waals surface area contributed by atoms with Gasteiger partial charge in [-0.1, -0.05) is 18.2 Å². The van der Waals surface area contributed by atoms with Gasteiger partial charge in [0.25, 0.3) is 0 Å². The van der Waals surface area contributed by atoms with Crippen LogP contribution in [0.2, 0.25) is 0 Å². The molecule has 8 heteroatoms. The number of hydrogen-bond acceptors (Lipinski definition) is 8. The molecule has 2 bridgehead atoms. The molecule has 6 aliphatic rings. The minimum absolute atomic E-state index is 0.00133. The monoisotopic (exact) mass is 511 g/mol. The minimum Gasteiger partial charge on any atom is -0.488 e. The van der Waals surface area contributed by atoms with E-state index in [1.54, 1.807) is 0 Å². The van der Waals surface area contributed by atoms with Crippen LogP contribution in [0.25, 0.3) is 0 Å². The molecule has 8 nitrogen and oxygen atoms in total. The summed E-state index contributed by atoms with van der Waals surface area (Å²) < 4.78 is 31.0. The highest BCUT2D eigenvalue weighted by molar-refractivity contribution is 5.62. The Kier molecular flexibility index (Phi) is 6.67. The first-order chi connectivity index (χ1) is 18.2. The Morgan fingerprint density at radius 3 is 2.41 bits per heavy atom. The van der Waals surface area contributed by atoms with Gasteiger partial charge in [0, 0.05) is 62.2 Å². The summed E-state index contributed by atoms with van der Waals surface area (Å²) in [5, 5.41) is 0. The van der Waals surface area contributed by atoms with Crippen molar-refractivity contribution in [1.29, 1.82) is 0 Å². The third-order valence-electron chi connectivity index (χ3n) is 9.71. The maximum absolute atomic E-state index is 6.96. The summed E-state index contributed by atoms with van der Waals surface area (Å²) in [6, 6.07) is 4.97. The van der Waals surface area contributed by atoms with Gasteiger partial charge in [0.2, 0.25) is 0 Å². The molecule has 4 aliphatic heterocycles. The second kappa shape index (κ2) is 10.1. The number of nitrogens with zero attached hydrogens (tertiary/aromatic N) is 3. The summed E-state index contributed by atoms with van der Waals surface area (Å²) >= 11 is 0. The van der Waals surface area contributed by atoms with Gasteiger partial charge < -0.3 is 28.6 Å². The second-order valence-electron chi connectivity index (χ2n) is 11.5. The molecule has 1 aromatic carbocycles. The lowest BCUT2D eigenvalue weighted by Crippen LogP contribution is -2.65. The van der Waals surface area contributed by atoms with E-state index in [4.69, 9.17) is 23.7 Å². The van der Waals surface area contributed by atoms with Crippen LogP contribution in [0.3, 0.4) is 0 Å². The molecule has 0 amide bonds. The number of benzene rings is 1. The summed E-state index contributed by atoms with van der Waals surface area (Å²) in [6.45, 7) is 11.5. The third kappa shape index (κ3) is 4.21. The van der Waals surface area contributed by atoms with Crippen molar-refractivity contribution in [1.82, 2.24) is 14.7 Å². The van der Waals surface area contributed by atoms with Crippen LogP contribution in [-0.2, 0) is 26.0 Å². The molecule has 3 fully saturated rings. The molecule has 37 heavy (non-hydrogen) atoms. The molecule has 4 heterocycles. The molecule has 0 unspecified atom stereocenters. The van der Waals surface area contributed by atoms with Crippen molar-refractivity contribution in [2.24, 2.45) is 5.92 Å². The van der Waals surface area contributed by atoms with E-state index in [0.717, 1.165) is 96.6 Å². The maximum atomic E-state index is 6.96. The van der Waals surface area contributed by atoms with Crippen molar-refractivity contribution in [3.8, 4) is 11.5 Å². The SMILES string of the molecule is CN1CC[C@]23c4c5ccc(OCCN6CCOCC6)c4O[C@H]2[C@@H](OCCN2CCOCC2)C=C[C@H]3[C@H]1C5. The van der Waals surface area contributed by atoms with E-state index in [0.29, 0.717) is 25.2 Å². The van der Waals surface area contributed by atoms with Crippen LogP contribution in [0.5, 0.6) is 11.5 Å². The molecule has 1 aromatic rings. The second-order valence-corrected chi connectivity index (χ2v) is 11.5. The number of likely N-dealkylation sites (tertiary alicyclic amines) is 1. The average molecular weight is 512 g/mol. The molecule has 202 valence electrons. The fourth-order valence-corrected chi connectivity index (χ4v) is 7.72. The largest absolute Gasteiger partial charge is 0.488 e. The van der Waals surface area contributed by atoms with Gasteiger partial charge in [0.15, 0.2) is 11.5 Å². The maximum Gasteiger partial charge on any atom is 0.165 e. The average Bonchev–Trinajstić information content (AvgIpc) is 3.29. The lowest BCUT2D eigenvalue weighted by atomic mass is 9.53. The molecule has 0 radical (unpaired) electrons. The Morgan fingerprint density at radius 1 is 0.919 bits per heavy atom. The highest BCUT2D eigenvalue weighted by Crippen LogP contribution is 2.62. The normalized spacial score (nSPS) is 35.3. The predicted molar refractivity (Wildman–Crippen MR) is 140 cm³/mol. The highest BCUT2D eigenvalue weighted by atomic mass is 16.6. The number of hydrogen-bond donors (Lipinski definition) is 0. The zero-order valence-corrected chi connectivity index (χ0v) is 22.1. The molecule has 5 atom stereocenters. The van der Waals surface area contributed by atoms with Crippen molar-refractivity contribution < 1.29 is 23.7 Å². The van der Waals surface area contributed by atoms with E-state index in [1.165, 1.54) is 11.1 Å². The van der Waals surface area contributed by atoms with Gasteiger partial charge in [0.05, 0.1) is 33.0 Å². The van der Waals surface area contributed by atoms with Crippen LogP contribution in [0.4, 0.5) is 0 Å². The Labute approximate surface area is 220 Å². The summed E-state index contributed by atoms with van der Waals surface area (Å²) in [4.78, 5) is 7.41. The molecule has 0 saturated carbocycles. The molecule has 2 aliphatic carbocycles. The smallest absolute Gasteiger partial charge is 0.165 e. The summed E-state index contributed by atoms with van der Waals surface area (Å²) in [6.07, 6.45) is 6.89. The fourth-order valence-electron chi connectivity index (χ4n) is 7.72. The number of piperidine rings is 1. The quantitative estimate of drug-likeness (QED) is 0.488. The zero-order chi connectivity index (χ0) is 24.8. The third-order valence-corrected chi connectivity index (χ3v) is 9.71. The molecular formula is C29H41N3O5. The number of rotatable bonds is 8. The minimum atomic E-state index is -0.0408. The Morgan fingerprint density at radius 2 is 1.65 bits per heavy atom. The van der Waals surface area contributed by atoms with Gasteiger partial charge in [-0.2, -0.15) is 0 Å². The van der Waals surface area contributed by atoms with E-state index in [2.05, 4.69) is 46.0 Å². The highest BCUT2D eigenvalue weighted by Gasteiger charge is 2.64. The van der Waals surface area contributed by atoms with Crippen LogP contribution in [0.15, 0.2) is 24.3 Å². The lowest BCUT2D eigenvalue weighted by molar-refractivity contribution is -0.0759. The number of likely N-dealkylation sites (N-methyl/N-ethyl adjacent to an activating group) is 1. The molecule has 0 N–H and O–H groups in total. The summed E-state index contributed by atoms with van der Waals surface area (Å²) in [7, 11) is 2.29. The van der Waals surface area contributed by atoms with Crippen LogP contribution in [0.1, 0.15) is 17.5 Å². The van der Waals surface area contributed by atoms with Crippen LogP contribution in [0, 0.1) is 5.92 Å². The predicted octanol–water partition coefficient (Wildman–Crippen LogP) is 1.56. The van der Waals surface area contributed by atoms with Gasteiger partial charge >= 0.3 is 0 Å². The van der Waals surface area contributed by atoms with Crippen molar-refractivity contribution in [2.45, 2.75) is 36.5 Å². The van der Waals surface area contributed by atoms with Gasteiger partial charge in [0.1, 0.15) is 18.8 Å². The Hall–Kier alpha value is -1.68. The van der Waals surface area contributed by atoms with Crippen LogP contribution < -0.4 is 9.47 Å². The molecule has 0 aromatic heterocycles. The van der Waals surface area contributed by atoms with Crippen LogP contribution in [-0.4, -0.2) is 125 Å². The molecular weight excluding hydrogens is 470 g/mol. The van der Waals surface area contributed by atoms with Crippen molar-refractivity contribution in [2.75, 3.05) is 92.5 Å². The Bertz CT molecular complexity index is 1010. The van der Waals surface area contributed by atoms with Crippen molar-refractivity contribution >= 4 is 0 Å². The zero-order valence-electron chi connectivity index (χ0n) is 22.1. The van der Waals surface area contributed by atoms with Crippen molar-refractivity contribution in [3.05, 3.63) is 35.4 Å². The Balaban J connectivity index is 1.13. The van der Waals surface area contributed by atoms with E-state index >= 15 is 0 Å². The van der Waals surface area contributed by atoms with E-state index in [-0.39, 0.29) is 17.6 Å². The fraction of sp³-hybridized carbons (Fsp3) is 0.724. The summed E-state index contributed by atoms with van der Waals surface area (Å²) in [5.74, 6) is 2.34. The standard InChI is InChI=1S/C29H41N3O5/c1-30-7-6-29-22-3-5-25(36-19-13-32-10-16-34-17-11-32)28(29)37-27-24(4-2-21(26(27)29)20-23(22)30)35-18-12-31-8-14-33-15-9-31/h2-5,22-23,25,28H,6-20H2,1H3/t22-,23+,25-,28-,29-/m0/s1. The first kappa shape index (κ1) is 24.4. The number of ether oxygens (including phenoxy) is 5. The molecule has 1 spiro atoms. The van der Waals surface area contributed by atoms with E-state index in [9.17, 15) is 0 Å². The van der Waals surface area contributed by atoms with Crippen LogP contribution >= 0.6 is 0 Å². The van der Waals surface area contributed by atoms with Gasteiger partial charge in [-0.15, -0.1) is 0 Å². The lowest BCUT2D eigenvalue weighted by Gasteiger charge is -2.56. The van der Waals surface area contributed by atoms with E-state index in [1.807, 2.05) is 0 Å². The summed E-state index contributed by atoms with van der Waals surface area (Å²) in [5.41, 5.74) is 2.83. The van der Waals surface area contributed by atoms with Gasteiger partial charge in [-0.25, -0.2) is 0 Å². The van der Waals surface area contributed by atoms with Gasteiger partial charge in [-0.3, -0.25) is 9.80 Å². The van der Waals surface area contributed by atoms with E-state index < -0.39 is 0 Å². The van der Waals surface area contributed by atoms with Crippen molar-refractivity contribution in [3.63, 3.8) is 0 Å². The molecule has 3 saturated heterocycles. The molecule has 7 rings (SSSR count). The first-order valence-electron chi connectivity index (χ1n) is 14.3. The number of morpholine rings is 2. The van der Waals surface area contributed by atoms with Gasteiger partial charge in [-0.05, 0) is 38.1 Å². The topological polar surface area (TPSA) is 55.9 Å². The first-order valence-corrected chi connectivity index (χ1v) is 14.3.